The molecule has 1 aromatic rings. The van der Waals surface area contributed by atoms with Gasteiger partial charge in [0, 0.05) is 11.3 Å². The van der Waals surface area contributed by atoms with Crippen LogP contribution in [0.1, 0.15) is 12.5 Å². The van der Waals surface area contributed by atoms with Crippen LogP contribution >= 0.6 is 23.4 Å². The van der Waals surface area contributed by atoms with Crippen LogP contribution in [0, 0.1) is 11.3 Å². The maximum atomic E-state index is 9.17. The highest BCUT2D eigenvalue weighted by molar-refractivity contribution is 7.99. The number of nitrogens with one attached hydrogen (secondary N) is 1. The van der Waals surface area contributed by atoms with Gasteiger partial charge in [-0.2, -0.15) is 17.0 Å². The summed E-state index contributed by atoms with van der Waals surface area (Å²) in [5.41, 5.74) is 0.462. The molecule has 1 aromatic heterocycles. The average molecular weight is 272 g/mol. The van der Waals surface area contributed by atoms with Gasteiger partial charge in [-0.15, -0.1) is 0 Å². The number of aliphatic hydroxyl groups is 1. The number of aliphatic hydroxyl groups excluding tert-OH is 1. The smallest absolute Gasteiger partial charge is 0.132 e. The maximum Gasteiger partial charge on any atom is 0.132 e. The number of thioether (sulfide) groups is 1. The van der Waals surface area contributed by atoms with E-state index in [2.05, 4.69) is 10.3 Å². The first kappa shape index (κ1) is 14.1. The van der Waals surface area contributed by atoms with E-state index in [4.69, 9.17) is 16.9 Å². The van der Waals surface area contributed by atoms with Crippen LogP contribution in [0.4, 0.5) is 5.82 Å². The third-order valence-corrected chi connectivity index (χ3v) is 3.70. The predicted molar refractivity (Wildman–Crippen MR) is 71.4 cm³/mol. The molecular formula is C11H14ClN3OS. The number of hydrogen-bond donors (Lipinski definition) is 2. The molecule has 6 heteroatoms. The molecule has 2 unspecified atom stereocenters. The summed E-state index contributed by atoms with van der Waals surface area (Å²) >= 11 is 7.38. The lowest BCUT2D eigenvalue weighted by atomic mass is 10.2. The van der Waals surface area contributed by atoms with Crippen LogP contribution in [0.5, 0.6) is 0 Å². The highest BCUT2D eigenvalue weighted by atomic mass is 35.5. The fourth-order valence-corrected chi connectivity index (χ4v) is 2.23. The van der Waals surface area contributed by atoms with Gasteiger partial charge < -0.3 is 10.4 Å². The molecule has 0 aliphatic carbocycles. The lowest BCUT2D eigenvalue weighted by molar-refractivity contribution is 0.288. The molecule has 1 heterocycles. The van der Waals surface area contributed by atoms with Crippen molar-refractivity contribution in [2.24, 2.45) is 0 Å². The Balaban J connectivity index is 2.81. The SMILES string of the molecule is CSC(CO)C(C)Nc1cc(C#N)cc(Cl)n1. The Labute approximate surface area is 110 Å². The Morgan fingerprint density at radius 2 is 2.35 bits per heavy atom. The van der Waals surface area contributed by atoms with Gasteiger partial charge in [0.15, 0.2) is 0 Å². The Morgan fingerprint density at radius 3 is 2.88 bits per heavy atom. The van der Waals surface area contributed by atoms with E-state index in [1.54, 1.807) is 17.8 Å². The first-order valence-corrected chi connectivity index (χ1v) is 6.75. The van der Waals surface area contributed by atoms with Gasteiger partial charge in [-0.1, -0.05) is 11.6 Å². The summed E-state index contributed by atoms with van der Waals surface area (Å²) < 4.78 is 0. The van der Waals surface area contributed by atoms with Crippen LogP contribution in [0.25, 0.3) is 0 Å². The number of aromatic nitrogens is 1. The minimum Gasteiger partial charge on any atom is -0.395 e. The molecule has 0 aliphatic rings. The summed E-state index contributed by atoms with van der Waals surface area (Å²) in [5, 5.41) is 21.5. The zero-order valence-corrected chi connectivity index (χ0v) is 11.2. The second-order valence-electron chi connectivity index (χ2n) is 3.57. The summed E-state index contributed by atoms with van der Waals surface area (Å²) in [5.74, 6) is 0.550. The minimum absolute atomic E-state index is 0.0347. The van der Waals surface area contributed by atoms with Crippen molar-refractivity contribution in [1.82, 2.24) is 4.98 Å². The largest absolute Gasteiger partial charge is 0.395 e. The molecule has 4 nitrogen and oxygen atoms in total. The molecule has 92 valence electrons. The molecule has 0 amide bonds. The standard InChI is InChI=1S/C11H14ClN3OS/c1-7(9(6-16)17-2)14-11-4-8(5-13)3-10(12)15-11/h3-4,7,9,16H,6H2,1-2H3,(H,14,15). The van der Waals surface area contributed by atoms with Gasteiger partial charge in [0.1, 0.15) is 11.0 Å². The fraction of sp³-hybridized carbons (Fsp3) is 0.455. The van der Waals surface area contributed by atoms with Crippen molar-refractivity contribution in [2.45, 2.75) is 18.2 Å². The molecule has 0 aliphatic heterocycles. The van der Waals surface area contributed by atoms with Crippen molar-refractivity contribution in [3.63, 3.8) is 0 Å². The molecule has 0 spiro atoms. The van der Waals surface area contributed by atoms with Crippen LogP contribution in [0.2, 0.25) is 5.15 Å². The Bertz CT molecular complexity index is 418. The lowest BCUT2D eigenvalue weighted by Gasteiger charge is -2.21. The van der Waals surface area contributed by atoms with Crippen molar-refractivity contribution >= 4 is 29.2 Å². The number of hydrogen-bond acceptors (Lipinski definition) is 5. The van der Waals surface area contributed by atoms with Crippen LogP contribution in [-0.2, 0) is 0 Å². The molecule has 2 N–H and O–H groups in total. The zero-order chi connectivity index (χ0) is 12.8. The van der Waals surface area contributed by atoms with Crippen molar-refractivity contribution in [1.29, 1.82) is 5.26 Å². The van der Waals surface area contributed by atoms with Crippen molar-refractivity contribution < 1.29 is 5.11 Å². The fourth-order valence-electron chi connectivity index (χ4n) is 1.40. The van der Waals surface area contributed by atoms with Crippen LogP contribution < -0.4 is 5.32 Å². The van der Waals surface area contributed by atoms with Gasteiger partial charge in [-0.25, -0.2) is 4.98 Å². The summed E-state index contributed by atoms with van der Waals surface area (Å²) in [6.45, 7) is 2.03. The van der Waals surface area contributed by atoms with E-state index in [0.29, 0.717) is 11.4 Å². The maximum absolute atomic E-state index is 9.17. The molecular weight excluding hydrogens is 258 g/mol. The second kappa shape index (κ2) is 6.70. The normalized spacial score (nSPS) is 13.8. The van der Waals surface area contributed by atoms with E-state index >= 15 is 0 Å². The lowest BCUT2D eigenvalue weighted by Crippen LogP contribution is -2.31. The Morgan fingerprint density at radius 1 is 1.65 bits per heavy atom. The van der Waals surface area contributed by atoms with Gasteiger partial charge in [-0.3, -0.25) is 0 Å². The van der Waals surface area contributed by atoms with Crippen molar-refractivity contribution in [3.05, 3.63) is 22.8 Å². The predicted octanol–water partition coefficient (Wildman–Crippen LogP) is 2.13. The van der Waals surface area contributed by atoms with Gasteiger partial charge in [-0.05, 0) is 25.3 Å². The zero-order valence-electron chi connectivity index (χ0n) is 9.64. The number of halogens is 1. The summed E-state index contributed by atoms with van der Waals surface area (Å²) in [6.07, 6.45) is 1.94. The van der Waals surface area contributed by atoms with Crippen molar-refractivity contribution in [3.8, 4) is 6.07 Å². The van der Waals surface area contributed by atoms with E-state index in [9.17, 15) is 5.11 Å². The summed E-state index contributed by atoms with van der Waals surface area (Å²) in [4.78, 5) is 4.09. The molecule has 0 saturated heterocycles. The molecule has 0 saturated carbocycles. The van der Waals surface area contributed by atoms with Gasteiger partial charge >= 0.3 is 0 Å². The van der Waals surface area contributed by atoms with Crippen molar-refractivity contribution in [2.75, 3.05) is 18.2 Å². The Kier molecular flexibility index (Phi) is 5.56. The quantitative estimate of drug-likeness (QED) is 0.803. The highest BCUT2D eigenvalue weighted by Gasteiger charge is 2.15. The van der Waals surface area contributed by atoms with Gasteiger partial charge in [0.2, 0.25) is 0 Å². The molecule has 17 heavy (non-hydrogen) atoms. The minimum atomic E-state index is 0.0347. The first-order valence-electron chi connectivity index (χ1n) is 5.08. The number of nitriles is 1. The third-order valence-electron chi connectivity index (χ3n) is 2.34. The monoisotopic (exact) mass is 271 g/mol. The number of rotatable bonds is 5. The first-order chi connectivity index (χ1) is 8.10. The number of anilines is 1. The van der Waals surface area contributed by atoms with Crippen LogP contribution in [-0.4, -0.2) is 34.2 Å². The number of nitrogens with zero attached hydrogens (tertiary/aromatic N) is 2. The van der Waals surface area contributed by atoms with E-state index < -0.39 is 0 Å². The third kappa shape index (κ3) is 4.08. The Hall–Kier alpha value is -0.960. The molecule has 1 rings (SSSR count). The van der Waals surface area contributed by atoms with Gasteiger partial charge in [0.25, 0.3) is 0 Å². The molecule has 2 atom stereocenters. The second-order valence-corrected chi connectivity index (χ2v) is 5.03. The van der Waals surface area contributed by atoms with Gasteiger partial charge in [0.05, 0.1) is 18.2 Å². The highest BCUT2D eigenvalue weighted by Crippen LogP contribution is 2.18. The molecule has 0 bridgehead atoms. The van der Waals surface area contributed by atoms with E-state index in [0.717, 1.165) is 0 Å². The van der Waals surface area contributed by atoms with E-state index in [-0.39, 0.29) is 23.1 Å². The topological polar surface area (TPSA) is 68.9 Å². The van der Waals surface area contributed by atoms with Crippen LogP contribution in [0.15, 0.2) is 12.1 Å². The van der Waals surface area contributed by atoms with E-state index in [1.165, 1.54) is 6.07 Å². The molecule has 0 fully saturated rings. The molecule has 0 aromatic carbocycles. The number of pyridine rings is 1. The summed E-state index contributed by atoms with van der Waals surface area (Å²) in [7, 11) is 0. The molecule has 0 radical (unpaired) electrons. The average Bonchev–Trinajstić information content (AvgIpc) is 2.29. The summed E-state index contributed by atoms with van der Waals surface area (Å²) in [6, 6.07) is 5.20. The van der Waals surface area contributed by atoms with Crippen LogP contribution in [0.3, 0.4) is 0 Å². The van der Waals surface area contributed by atoms with E-state index in [1.807, 2.05) is 19.2 Å².